The molecule has 1 aromatic rings. The summed E-state index contributed by atoms with van der Waals surface area (Å²) in [6.07, 6.45) is 0. The summed E-state index contributed by atoms with van der Waals surface area (Å²) in [5.41, 5.74) is 2.82. The van der Waals surface area contributed by atoms with Gasteiger partial charge in [-0.15, -0.1) is 0 Å². The maximum atomic E-state index is 12.2. The molecule has 1 N–H and O–H groups in total. The number of benzene rings is 1. The molecule has 0 aromatic heterocycles. The van der Waals surface area contributed by atoms with Gasteiger partial charge in [-0.3, -0.25) is 9.59 Å². The number of hydrogen-bond donors (Lipinski definition) is 1. The number of anilines is 1. The Morgan fingerprint density at radius 1 is 1.16 bits per heavy atom. The second-order valence-corrected chi connectivity index (χ2v) is 7.40. The van der Waals surface area contributed by atoms with Crippen molar-refractivity contribution in [1.82, 2.24) is 9.80 Å². The number of rotatable bonds is 7. The molecule has 5 nitrogen and oxygen atoms in total. The number of thioether (sulfide) groups is 1. The van der Waals surface area contributed by atoms with Crippen molar-refractivity contribution in [3.05, 3.63) is 29.3 Å². The Morgan fingerprint density at radius 3 is 2.24 bits per heavy atom. The van der Waals surface area contributed by atoms with Crippen LogP contribution in [0.1, 0.15) is 25.0 Å². The number of thiocarbonyl (C=S) groups is 1. The van der Waals surface area contributed by atoms with Crippen LogP contribution in [0.25, 0.3) is 0 Å². The van der Waals surface area contributed by atoms with Gasteiger partial charge in [0.15, 0.2) is 0 Å². The summed E-state index contributed by atoms with van der Waals surface area (Å²) in [5, 5.41) is 2.89. The lowest BCUT2D eigenvalue weighted by atomic mass is 10.1. The molecular weight excluding hydrogens is 354 g/mol. The number of aryl methyl sites for hydroxylation is 2. The monoisotopic (exact) mass is 381 g/mol. The van der Waals surface area contributed by atoms with Gasteiger partial charge in [-0.2, -0.15) is 0 Å². The van der Waals surface area contributed by atoms with E-state index in [0.717, 1.165) is 29.9 Å². The second kappa shape index (κ2) is 10.4. The van der Waals surface area contributed by atoms with Crippen LogP contribution in [0.4, 0.5) is 5.69 Å². The van der Waals surface area contributed by atoms with Gasteiger partial charge in [0, 0.05) is 25.8 Å². The van der Waals surface area contributed by atoms with E-state index in [4.69, 9.17) is 12.2 Å². The maximum absolute atomic E-state index is 12.2. The minimum Gasteiger partial charge on any atom is -0.358 e. The van der Waals surface area contributed by atoms with Crippen LogP contribution in [-0.2, 0) is 9.59 Å². The van der Waals surface area contributed by atoms with Crippen LogP contribution in [0.15, 0.2) is 18.2 Å². The number of amides is 2. The van der Waals surface area contributed by atoms with Crippen LogP contribution in [0.2, 0.25) is 0 Å². The highest BCUT2D eigenvalue weighted by Gasteiger charge is 2.16. The van der Waals surface area contributed by atoms with Crippen LogP contribution in [0.5, 0.6) is 0 Å². The molecule has 0 heterocycles. The maximum Gasteiger partial charge on any atom is 0.243 e. The van der Waals surface area contributed by atoms with Gasteiger partial charge in [-0.1, -0.05) is 42.2 Å². The van der Waals surface area contributed by atoms with Crippen molar-refractivity contribution < 1.29 is 9.59 Å². The lowest BCUT2D eigenvalue weighted by Gasteiger charge is -2.22. The summed E-state index contributed by atoms with van der Waals surface area (Å²) in [4.78, 5) is 27.9. The number of para-hydroxylation sites is 1. The number of nitrogens with zero attached hydrogens (tertiary/aromatic N) is 2. The fraction of sp³-hybridized carbons (Fsp3) is 0.500. The lowest BCUT2D eigenvalue weighted by molar-refractivity contribution is -0.131. The third kappa shape index (κ3) is 6.66. The molecule has 7 heteroatoms. The molecule has 0 saturated heterocycles. The van der Waals surface area contributed by atoms with Gasteiger partial charge in [0.25, 0.3) is 0 Å². The van der Waals surface area contributed by atoms with Crippen LogP contribution in [0, 0.1) is 13.8 Å². The SMILES string of the molecule is CCN(CC)C(=S)SCC(=O)N(C)CC(=O)Nc1c(C)cccc1C. The zero-order chi connectivity index (χ0) is 19.0. The summed E-state index contributed by atoms with van der Waals surface area (Å²) < 4.78 is 0.715. The third-order valence-corrected chi connectivity index (χ3v) is 5.40. The van der Waals surface area contributed by atoms with Gasteiger partial charge in [-0.05, 0) is 38.8 Å². The van der Waals surface area contributed by atoms with Gasteiger partial charge in [0.05, 0.1) is 12.3 Å². The number of likely N-dealkylation sites (N-methyl/N-ethyl adjacent to an activating group) is 1. The Kier molecular flexibility index (Phi) is 8.92. The Labute approximate surface area is 160 Å². The average Bonchev–Trinajstić information content (AvgIpc) is 2.57. The third-order valence-electron chi connectivity index (χ3n) is 3.89. The van der Waals surface area contributed by atoms with Crippen molar-refractivity contribution in [1.29, 1.82) is 0 Å². The fourth-order valence-corrected chi connectivity index (χ4v) is 3.64. The molecule has 0 radical (unpaired) electrons. The number of nitrogens with one attached hydrogen (secondary N) is 1. The highest BCUT2D eigenvalue weighted by Crippen LogP contribution is 2.19. The molecular formula is C18H27N3O2S2. The first-order valence-corrected chi connectivity index (χ1v) is 9.71. The first-order valence-electron chi connectivity index (χ1n) is 8.31. The van der Waals surface area contributed by atoms with Gasteiger partial charge in [0.2, 0.25) is 11.8 Å². The Balaban J connectivity index is 2.52. The first kappa shape index (κ1) is 21.4. The molecule has 0 atom stereocenters. The molecule has 0 fully saturated rings. The predicted molar refractivity (Wildman–Crippen MR) is 110 cm³/mol. The van der Waals surface area contributed by atoms with E-state index in [1.54, 1.807) is 7.05 Å². The van der Waals surface area contributed by atoms with Gasteiger partial charge >= 0.3 is 0 Å². The smallest absolute Gasteiger partial charge is 0.243 e. The van der Waals surface area contributed by atoms with Crippen LogP contribution in [0.3, 0.4) is 0 Å². The van der Waals surface area contributed by atoms with E-state index in [1.165, 1.54) is 16.7 Å². The van der Waals surface area contributed by atoms with E-state index in [2.05, 4.69) is 5.32 Å². The molecule has 0 spiro atoms. The highest BCUT2D eigenvalue weighted by molar-refractivity contribution is 8.23. The molecule has 1 rings (SSSR count). The number of carbonyl (C=O) groups excluding carboxylic acids is 2. The molecule has 25 heavy (non-hydrogen) atoms. The molecule has 2 amide bonds. The molecule has 0 bridgehead atoms. The van der Waals surface area contributed by atoms with Crippen LogP contribution in [-0.4, -0.2) is 58.4 Å². The highest BCUT2D eigenvalue weighted by atomic mass is 32.2. The summed E-state index contributed by atoms with van der Waals surface area (Å²) in [7, 11) is 1.63. The minimum atomic E-state index is -0.204. The van der Waals surface area contributed by atoms with Crippen molar-refractivity contribution >= 4 is 45.8 Å². The number of carbonyl (C=O) groups is 2. The van der Waals surface area contributed by atoms with Crippen molar-refractivity contribution in [2.75, 3.05) is 37.8 Å². The van der Waals surface area contributed by atoms with Crippen LogP contribution >= 0.6 is 24.0 Å². The summed E-state index contributed by atoms with van der Waals surface area (Å²) in [6, 6.07) is 5.84. The summed E-state index contributed by atoms with van der Waals surface area (Å²) in [6.45, 7) is 9.62. The normalized spacial score (nSPS) is 10.3. The van der Waals surface area contributed by atoms with E-state index < -0.39 is 0 Å². The molecule has 1 aromatic carbocycles. The zero-order valence-corrected chi connectivity index (χ0v) is 17.2. The molecule has 0 unspecified atom stereocenters. The molecule has 138 valence electrons. The van der Waals surface area contributed by atoms with E-state index in [0.29, 0.717) is 4.32 Å². The van der Waals surface area contributed by atoms with Crippen LogP contribution < -0.4 is 5.32 Å². The van der Waals surface area contributed by atoms with Crippen molar-refractivity contribution in [2.45, 2.75) is 27.7 Å². The van der Waals surface area contributed by atoms with Gasteiger partial charge in [0.1, 0.15) is 4.32 Å². The lowest BCUT2D eigenvalue weighted by Crippen LogP contribution is -2.37. The molecule has 0 aliphatic carbocycles. The quantitative estimate of drug-likeness (QED) is 0.736. The summed E-state index contributed by atoms with van der Waals surface area (Å²) in [5.74, 6) is -0.0802. The van der Waals surface area contributed by atoms with Gasteiger partial charge in [-0.25, -0.2) is 0 Å². The van der Waals surface area contributed by atoms with E-state index >= 15 is 0 Å². The Bertz CT molecular complexity index is 610. The zero-order valence-electron chi connectivity index (χ0n) is 15.6. The van der Waals surface area contributed by atoms with E-state index in [-0.39, 0.29) is 24.1 Å². The standard InChI is InChI=1S/C18H27N3O2S2/c1-6-21(7-2)18(24)25-12-16(23)20(5)11-15(22)19-17-13(3)9-8-10-14(17)4/h8-10H,6-7,11-12H2,1-5H3,(H,19,22). The minimum absolute atomic E-state index is 0.0190. The van der Waals surface area contributed by atoms with Crippen molar-refractivity contribution in [3.63, 3.8) is 0 Å². The molecule has 0 aliphatic heterocycles. The Morgan fingerprint density at radius 2 is 1.72 bits per heavy atom. The number of hydrogen-bond acceptors (Lipinski definition) is 4. The van der Waals surface area contributed by atoms with E-state index in [9.17, 15) is 9.59 Å². The Hall–Kier alpha value is -1.60. The predicted octanol–water partition coefficient (Wildman–Crippen LogP) is 3.06. The average molecular weight is 382 g/mol. The van der Waals surface area contributed by atoms with Crippen molar-refractivity contribution in [2.24, 2.45) is 0 Å². The molecule has 0 aliphatic rings. The topological polar surface area (TPSA) is 52.7 Å². The second-order valence-electron chi connectivity index (χ2n) is 5.79. The van der Waals surface area contributed by atoms with Gasteiger partial charge < -0.3 is 15.1 Å². The fourth-order valence-electron chi connectivity index (χ4n) is 2.30. The largest absolute Gasteiger partial charge is 0.358 e. The summed E-state index contributed by atoms with van der Waals surface area (Å²) >= 11 is 6.66. The van der Waals surface area contributed by atoms with Crippen molar-refractivity contribution in [3.8, 4) is 0 Å². The molecule has 0 saturated carbocycles. The van der Waals surface area contributed by atoms with E-state index in [1.807, 2.05) is 50.8 Å². The first-order chi connectivity index (χ1) is 11.8.